The standard InChI is InChI=1S/C6H11NO5S/c8-6-4-2-1-3-5-7(6)12-13(9,10)11/h1-5H2,(H,9,10,11). The minimum Gasteiger partial charge on any atom is -0.273 e. The van der Waals surface area contributed by atoms with Crippen LogP contribution in [0.4, 0.5) is 0 Å². The molecule has 0 unspecified atom stereocenters. The molecule has 1 N–H and O–H groups in total. The Labute approximate surface area is 76.4 Å². The molecule has 0 aliphatic carbocycles. The lowest BCUT2D eigenvalue weighted by molar-refractivity contribution is -0.156. The number of hydrogen-bond acceptors (Lipinski definition) is 4. The molecule has 76 valence electrons. The molecule has 1 saturated heterocycles. The van der Waals surface area contributed by atoms with Gasteiger partial charge in [-0.05, 0) is 12.8 Å². The summed E-state index contributed by atoms with van der Waals surface area (Å²) >= 11 is 0. The van der Waals surface area contributed by atoms with E-state index in [2.05, 4.69) is 4.28 Å². The Morgan fingerprint density at radius 1 is 1.31 bits per heavy atom. The van der Waals surface area contributed by atoms with Crippen LogP contribution in [0.1, 0.15) is 25.7 Å². The van der Waals surface area contributed by atoms with Crippen LogP contribution in [0.15, 0.2) is 0 Å². The molecule has 0 radical (unpaired) electrons. The summed E-state index contributed by atoms with van der Waals surface area (Å²) in [5.74, 6) is -0.407. The van der Waals surface area contributed by atoms with Crippen LogP contribution in [0, 0.1) is 0 Å². The largest absolute Gasteiger partial charge is 0.418 e. The first kappa shape index (κ1) is 10.4. The third kappa shape index (κ3) is 3.71. The maximum atomic E-state index is 11.1. The van der Waals surface area contributed by atoms with E-state index in [1.165, 1.54) is 0 Å². The van der Waals surface area contributed by atoms with Gasteiger partial charge in [0.15, 0.2) is 0 Å². The number of hydrogen-bond donors (Lipinski definition) is 1. The molecule has 0 spiro atoms. The van der Waals surface area contributed by atoms with E-state index in [0.29, 0.717) is 11.5 Å². The second-order valence-electron chi connectivity index (χ2n) is 2.81. The average Bonchev–Trinajstić information content (AvgIpc) is 2.14. The Morgan fingerprint density at radius 3 is 2.62 bits per heavy atom. The van der Waals surface area contributed by atoms with Crippen LogP contribution < -0.4 is 0 Å². The van der Waals surface area contributed by atoms with Gasteiger partial charge in [-0.1, -0.05) is 6.42 Å². The molecule has 1 rings (SSSR count). The van der Waals surface area contributed by atoms with Crippen LogP contribution in [0.3, 0.4) is 0 Å². The Hall–Kier alpha value is -0.660. The van der Waals surface area contributed by atoms with Gasteiger partial charge in [-0.25, -0.2) is 5.06 Å². The second kappa shape index (κ2) is 4.03. The van der Waals surface area contributed by atoms with Gasteiger partial charge in [-0.3, -0.25) is 9.35 Å². The first-order chi connectivity index (χ1) is 5.99. The van der Waals surface area contributed by atoms with Gasteiger partial charge in [0.1, 0.15) is 0 Å². The summed E-state index contributed by atoms with van der Waals surface area (Å²) in [6.07, 6.45) is 2.53. The zero-order valence-electron chi connectivity index (χ0n) is 6.97. The highest BCUT2D eigenvalue weighted by Crippen LogP contribution is 2.12. The van der Waals surface area contributed by atoms with E-state index in [1.54, 1.807) is 0 Å². The molecular formula is C6H11NO5S. The molecule has 1 fully saturated rings. The molecule has 0 atom stereocenters. The number of carbonyl (C=O) groups is 1. The Kier molecular flexibility index (Phi) is 3.23. The van der Waals surface area contributed by atoms with E-state index in [9.17, 15) is 13.2 Å². The Morgan fingerprint density at radius 2 is 2.00 bits per heavy atom. The van der Waals surface area contributed by atoms with Crippen LogP contribution in [-0.4, -0.2) is 30.5 Å². The number of nitrogens with zero attached hydrogens (tertiary/aromatic N) is 1. The minimum absolute atomic E-state index is 0.207. The Balaban J connectivity index is 2.60. The third-order valence-electron chi connectivity index (χ3n) is 1.71. The van der Waals surface area contributed by atoms with Gasteiger partial charge in [0, 0.05) is 6.42 Å². The average molecular weight is 209 g/mol. The predicted molar refractivity (Wildman–Crippen MR) is 42.8 cm³/mol. The van der Waals surface area contributed by atoms with Gasteiger partial charge in [0.05, 0.1) is 6.54 Å². The predicted octanol–water partition coefficient (Wildman–Crippen LogP) is 0.123. The highest BCUT2D eigenvalue weighted by Gasteiger charge is 2.22. The van der Waals surface area contributed by atoms with Gasteiger partial charge >= 0.3 is 10.4 Å². The zero-order valence-corrected chi connectivity index (χ0v) is 7.79. The maximum Gasteiger partial charge on any atom is 0.418 e. The monoisotopic (exact) mass is 209 g/mol. The van der Waals surface area contributed by atoms with E-state index in [-0.39, 0.29) is 13.0 Å². The fourth-order valence-electron chi connectivity index (χ4n) is 1.15. The molecule has 0 aromatic carbocycles. The molecule has 7 heteroatoms. The van der Waals surface area contributed by atoms with Crippen molar-refractivity contribution in [3.8, 4) is 0 Å². The normalized spacial score (nSPS) is 20.1. The van der Waals surface area contributed by atoms with E-state index >= 15 is 0 Å². The summed E-state index contributed by atoms with van der Waals surface area (Å²) in [5.41, 5.74) is 0. The summed E-state index contributed by atoms with van der Waals surface area (Å²) in [7, 11) is -4.57. The van der Waals surface area contributed by atoms with Crippen molar-refractivity contribution in [3.63, 3.8) is 0 Å². The molecular weight excluding hydrogens is 198 g/mol. The Bertz CT molecular complexity index is 285. The van der Waals surface area contributed by atoms with Crippen molar-refractivity contribution in [1.29, 1.82) is 0 Å². The lowest BCUT2D eigenvalue weighted by atomic mass is 10.2. The van der Waals surface area contributed by atoms with Crippen molar-refractivity contribution in [2.45, 2.75) is 25.7 Å². The lowest BCUT2D eigenvalue weighted by Crippen LogP contribution is -2.32. The van der Waals surface area contributed by atoms with E-state index in [1.807, 2.05) is 0 Å². The van der Waals surface area contributed by atoms with E-state index < -0.39 is 16.3 Å². The van der Waals surface area contributed by atoms with Gasteiger partial charge < -0.3 is 0 Å². The molecule has 1 amide bonds. The first-order valence-corrected chi connectivity index (χ1v) is 5.33. The van der Waals surface area contributed by atoms with E-state index in [0.717, 1.165) is 12.8 Å². The van der Waals surface area contributed by atoms with Gasteiger partial charge in [0.2, 0.25) is 5.91 Å². The molecule has 6 nitrogen and oxygen atoms in total. The topological polar surface area (TPSA) is 83.9 Å². The number of amides is 1. The summed E-state index contributed by atoms with van der Waals surface area (Å²) in [6.45, 7) is 0.207. The van der Waals surface area contributed by atoms with Crippen LogP contribution in [0.2, 0.25) is 0 Å². The molecule has 0 aromatic heterocycles. The van der Waals surface area contributed by atoms with Gasteiger partial charge in [0.25, 0.3) is 0 Å². The maximum absolute atomic E-state index is 11.1. The summed E-state index contributed by atoms with van der Waals surface area (Å²) in [4.78, 5) is 11.1. The summed E-state index contributed by atoms with van der Waals surface area (Å²) in [6, 6.07) is 0. The summed E-state index contributed by atoms with van der Waals surface area (Å²) < 4.78 is 33.0. The number of hydroxylamine groups is 2. The third-order valence-corrected chi connectivity index (χ3v) is 2.08. The SMILES string of the molecule is O=C1CCCCCN1OS(=O)(=O)O. The van der Waals surface area contributed by atoms with E-state index in [4.69, 9.17) is 4.55 Å². The smallest absolute Gasteiger partial charge is 0.273 e. The second-order valence-corrected chi connectivity index (χ2v) is 3.81. The molecule has 1 aliphatic rings. The fraction of sp³-hybridized carbons (Fsp3) is 0.833. The molecule has 1 aliphatic heterocycles. The van der Waals surface area contributed by atoms with Crippen LogP contribution in [-0.2, 0) is 19.5 Å². The van der Waals surface area contributed by atoms with Crippen LogP contribution in [0.25, 0.3) is 0 Å². The van der Waals surface area contributed by atoms with Crippen LogP contribution >= 0.6 is 0 Å². The minimum atomic E-state index is -4.57. The van der Waals surface area contributed by atoms with Crippen molar-refractivity contribution in [3.05, 3.63) is 0 Å². The lowest BCUT2D eigenvalue weighted by Gasteiger charge is -2.15. The first-order valence-electron chi connectivity index (χ1n) is 3.96. The molecule has 0 saturated carbocycles. The number of carbonyl (C=O) groups excluding carboxylic acids is 1. The molecule has 1 heterocycles. The van der Waals surface area contributed by atoms with Crippen molar-refractivity contribution >= 4 is 16.3 Å². The van der Waals surface area contributed by atoms with Crippen LogP contribution in [0.5, 0.6) is 0 Å². The summed E-state index contributed by atoms with van der Waals surface area (Å²) in [5, 5.41) is 0.697. The van der Waals surface area contributed by atoms with Crippen molar-refractivity contribution in [2.75, 3.05) is 6.54 Å². The number of rotatable bonds is 2. The zero-order chi connectivity index (χ0) is 9.90. The van der Waals surface area contributed by atoms with Crippen molar-refractivity contribution in [1.82, 2.24) is 5.06 Å². The fourth-order valence-corrected chi connectivity index (χ4v) is 1.54. The highest BCUT2D eigenvalue weighted by atomic mass is 32.3. The van der Waals surface area contributed by atoms with Crippen molar-refractivity contribution < 1.29 is 22.0 Å². The quantitative estimate of drug-likeness (QED) is 0.653. The van der Waals surface area contributed by atoms with Gasteiger partial charge in [-0.2, -0.15) is 8.42 Å². The molecule has 0 aromatic rings. The van der Waals surface area contributed by atoms with Crippen molar-refractivity contribution in [2.24, 2.45) is 0 Å². The van der Waals surface area contributed by atoms with Gasteiger partial charge in [-0.15, -0.1) is 4.28 Å². The molecule has 0 bridgehead atoms. The highest BCUT2D eigenvalue weighted by molar-refractivity contribution is 7.80. The molecule has 13 heavy (non-hydrogen) atoms.